The molecule has 1 saturated heterocycles. The third-order valence-corrected chi connectivity index (χ3v) is 5.30. The van der Waals surface area contributed by atoms with Crippen LogP contribution in [0.25, 0.3) is 11.3 Å². The summed E-state index contributed by atoms with van der Waals surface area (Å²) in [5.74, 6) is 0. The van der Waals surface area contributed by atoms with Crippen LogP contribution in [0.5, 0.6) is 0 Å². The number of halogens is 2. The highest BCUT2D eigenvalue weighted by atomic mass is 19.3. The first kappa shape index (κ1) is 15.5. The van der Waals surface area contributed by atoms with Crippen LogP contribution in [0.3, 0.4) is 0 Å². The summed E-state index contributed by atoms with van der Waals surface area (Å²) < 4.78 is 28.7. The molecule has 1 aliphatic carbocycles. The largest absolute Gasteiger partial charge is 0.317 e. The number of allylic oxidation sites excluding steroid dienone is 2. The molecule has 2 heterocycles. The molecule has 126 valence electrons. The zero-order chi connectivity index (χ0) is 16.7. The number of rotatable bonds is 3. The first-order valence-corrected chi connectivity index (χ1v) is 8.45. The molecule has 0 saturated carbocycles. The number of para-hydroxylation sites is 1. The van der Waals surface area contributed by atoms with E-state index in [4.69, 9.17) is 0 Å². The SMILES string of the molecule is Cc1ccccc1-n1ncc(C(F)F)c1C1=CC2(CCNCC2)C1. The number of nitrogens with zero attached hydrogens (tertiary/aromatic N) is 2. The van der Waals surface area contributed by atoms with Crippen LogP contribution in [0, 0.1) is 12.3 Å². The Hall–Kier alpha value is -2.01. The first-order valence-electron chi connectivity index (χ1n) is 8.45. The lowest BCUT2D eigenvalue weighted by Crippen LogP contribution is -2.39. The standard InChI is InChI=1S/C19H21F2N3/c1-13-4-2-3-5-16(13)24-17(15(12-23-24)18(20)21)14-10-19(11-14)6-8-22-9-7-19/h2-5,10,12,18,22H,6-9,11H2,1H3. The van der Waals surface area contributed by atoms with Crippen LogP contribution in [-0.2, 0) is 0 Å². The van der Waals surface area contributed by atoms with Gasteiger partial charge in [0.05, 0.1) is 23.1 Å². The molecule has 1 spiro atoms. The molecule has 1 fully saturated rings. The second-order valence-corrected chi connectivity index (χ2v) is 6.91. The molecule has 5 heteroatoms. The highest BCUT2D eigenvalue weighted by Gasteiger charge is 2.40. The summed E-state index contributed by atoms with van der Waals surface area (Å²) in [5.41, 5.74) is 3.72. The van der Waals surface area contributed by atoms with Crippen molar-refractivity contribution in [2.75, 3.05) is 13.1 Å². The Bertz CT molecular complexity index is 786. The Labute approximate surface area is 140 Å². The van der Waals surface area contributed by atoms with E-state index in [9.17, 15) is 8.78 Å². The number of alkyl halides is 2. The van der Waals surface area contributed by atoms with E-state index in [1.54, 1.807) is 4.68 Å². The lowest BCUT2D eigenvalue weighted by Gasteiger charge is -2.43. The highest BCUT2D eigenvalue weighted by molar-refractivity contribution is 5.74. The van der Waals surface area contributed by atoms with Gasteiger partial charge in [-0.2, -0.15) is 5.10 Å². The minimum absolute atomic E-state index is 0.0355. The minimum Gasteiger partial charge on any atom is -0.317 e. The van der Waals surface area contributed by atoms with Gasteiger partial charge < -0.3 is 5.32 Å². The number of aromatic nitrogens is 2. The Morgan fingerprint density at radius 2 is 1.92 bits per heavy atom. The molecule has 0 radical (unpaired) electrons. The van der Waals surface area contributed by atoms with E-state index in [-0.39, 0.29) is 11.0 Å². The number of nitrogens with one attached hydrogen (secondary N) is 1. The number of aryl methyl sites for hydroxylation is 1. The van der Waals surface area contributed by atoms with Crippen molar-refractivity contribution in [2.45, 2.75) is 32.6 Å². The molecule has 1 aliphatic heterocycles. The summed E-state index contributed by atoms with van der Waals surface area (Å²) in [6.07, 6.45) is 4.05. The Morgan fingerprint density at radius 1 is 1.21 bits per heavy atom. The summed E-state index contributed by atoms with van der Waals surface area (Å²) >= 11 is 0. The van der Waals surface area contributed by atoms with Gasteiger partial charge in [-0.25, -0.2) is 13.5 Å². The van der Waals surface area contributed by atoms with Crippen LogP contribution in [0.4, 0.5) is 8.78 Å². The number of hydrogen-bond acceptors (Lipinski definition) is 2. The molecule has 2 aliphatic rings. The molecule has 4 rings (SSSR count). The second-order valence-electron chi connectivity index (χ2n) is 6.91. The summed E-state index contributed by atoms with van der Waals surface area (Å²) in [5, 5.41) is 7.65. The van der Waals surface area contributed by atoms with Gasteiger partial charge in [-0.1, -0.05) is 24.3 Å². The summed E-state index contributed by atoms with van der Waals surface area (Å²) in [6.45, 7) is 3.98. The zero-order valence-corrected chi connectivity index (χ0v) is 13.7. The Morgan fingerprint density at radius 3 is 2.58 bits per heavy atom. The third-order valence-electron chi connectivity index (χ3n) is 5.30. The lowest BCUT2D eigenvalue weighted by atomic mass is 9.64. The van der Waals surface area contributed by atoms with E-state index in [0.29, 0.717) is 5.69 Å². The van der Waals surface area contributed by atoms with Crippen LogP contribution >= 0.6 is 0 Å². The van der Waals surface area contributed by atoms with Crippen LogP contribution in [0.1, 0.15) is 42.5 Å². The predicted octanol–water partition coefficient (Wildman–Crippen LogP) is 4.28. The van der Waals surface area contributed by atoms with Crippen molar-refractivity contribution >= 4 is 5.57 Å². The average Bonchev–Trinajstić information content (AvgIpc) is 2.98. The van der Waals surface area contributed by atoms with Crippen molar-refractivity contribution in [3.8, 4) is 5.69 Å². The van der Waals surface area contributed by atoms with Gasteiger partial charge in [0.25, 0.3) is 6.43 Å². The maximum atomic E-state index is 13.5. The molecule has 24 heavy (non-hydrogen) atoms. The highest BCUT2D eigenvalue weighted by Crippen LogP contribution is 2.51. The zero-order valence-electron chi connectivity index (χ0n) is 13.7. The van der Waals surface area contributed by atoms with Crippen molar-refractivity contribution in [3.05, 3.63) is 53.4 Å². The van der Waals surface area contributed by atoms with Crippen molar-refractivity contribution in [3.63, 3.8) is 0 Å². The second kappa shape index (κ2) is 5.81. The van der Waals surface area contributed by atoms with Gasteiger partial charge in [-0.05, 0) is 61.9 Å². The normalized spacial score (nSPS) is 19.4. The summed E-state index contributed by atoms with van der Waals surface area (Å²) in [4.78, 5) is 0. The van der Waals surface area contributed by atoms with Gasteiger partial charge in [-0.3, -0.25) is 0 Å². The van der Waals surface area contributed by atoms with Gasteiger partial charge in [0, 0.05) is 0 Å². The van der Waals surface area contributed by atoms with Crippen molar-refractivity contribution in [1.29, 1.82) is 0 Å². The number of benzene rings is 1. The number of hydrogen-bond donors (Lipinski definition) is 1. The van der Waals surface area contributed by atoms with E-state index in [0.717, 1.165) is 49.2 Å². The third kappa shape index (κ3) is 2.47. The van der Waals surface area contributed by atoms with Gasteiger partial charge >= 0.3 is 0 Å². The quantitative estimate of drug-likeness (QED) is 0.911. The van der Waals surface area contributed by atoms with Crippen molar-refractivity contribution < 1.29 is 8.78 Å². The van der Waals surface area contributed by atoms with Crippen LogP contribution in [-0.4, -0.2) is 22.9 Å². The van der Waals surface area contributed by atoms with E-state index in [1.807, 2.05) is 31.2 Å². The monoisotopic (exact) mass is 329 g/mol. The minimum atomic E-state index is -2.51. The predicted molar refractivity (Wildman–Crippen MR) is 90.4 cm³/mol. The van der Waals surface area contributed by atoms with Crippen LogP contribution in [0.15, 0.2) is 36.5 Å². The van der Waals surface area contributed by atoms with Gasteiger partial charge in [-0.15, -0.1) is 0 Å². The van der Waals surface area contributed by atoms with E-state index < -0.39 is 6.43 Å². The number of piperidine rings is 1. The molecule has 3 nitrogen and oxygen atoms in total. The summed E-state index contributed by atoms with van der Waals surface area (Å²) in [6, 6.07) is 7.77. The molecular formula is C19H21F2N3. The smallest absolute Gasteiger partial charge is 0.267 e. The Kier molecular flexibility index (Phi) is 3.76. The van der Waals surface area contributed by atoms with Crippen LogP contribution < -0.4 is 5.32 Å². The van der Waals surface area contributed by atoms with Crippen LogP contribution in [0.2, 0.25) is 0 Å². The van der Waals surface area contributed by atoms with Gasteiger partial charge in [0.15, 0.2) is 0 Å². The molecule has 0 atom stereocenters. The molecule has 0 unspecified atom stereocenters. The maximum Gasteiger partial charge on any atom is 0.267 e. The molecule has 1 aromatic heterocycles. The van der Waals surface area contributed by atoms with Crippen molar-refractivity contribution in [1.82, 2.24) is 15.1 Å². The lowest BCUT2D eigenvalue weighted by molar-refractivity contribution is 0.150. The first-order chi connectivity index (χ1) is 11.6. The Balaban J connectivity index is 1.79. The summed E-state index contributed by atoms with van der Waals surface area (Å²) in [7, 11) is 0. The molecule has 2 aromatic rings. The van der Waals surface area contributed by atoms with E-state index >= 15 is 0 Å². The van der Waals surface area contributed by atoms with E-state index in [2.05, 4.69) is 16.5 Å². The molecular weight excluding hydrogens is 308 g/mol. The fourth-order valence-corrected chi connectivity index (χ4v) is 3.94. The molecule has 1 aromatic carbocycles. The van der Waals surface area contributed by atoms with Gasteiger partial charge in [0.2, 0.25) is 0 Å². The average molecular weight is 329 g/mol. The fourth-order valence-electron chi connectivity index (χ4n) is 3.94. The van der Waals surface area contributed by atoms with Crippen molar-refractivity contribution in [2.24, 2.45) is 5.41 Å². The molecule has 1 N–H and O–H groups in total. The molecule has 0 amide bonds. The van der Waals surface area contributed by atoms with E-state index in [1.165, 1.54) is 6.20 Å². The maximum absolute atomic E-state index is 13.5. The fraction of sp³-hybridized carbons (Fsp3) is 0.421. The topological polar surface area (TPSA) is 29.9 Å². The molecule has 0 bridgehead atoms. The van der Waals surface area contributed by atoms with Gasteiger partial charge in [0.1, 0.15) is 0 Å².